The first-order valence-electron chi connectivity index (χ1n) is 9.85. The molecule has 3 rings (SSSR count). The van der Waals surface area contributed by atoms with Crippen molar-refractivity contribution in [2.24, 2.45) is 28.1 Å². The molecule has 26 heavy (non-hydrogen) atoms. The van der Waals surface area contributed by atoms with Gasteiger partial charge in [-0.2, -0.15) is 0 Å². The second kappa shape index (κ2) is 6.43. The molecule has 0 aromatic heterocycles. The molecule has 3 aliphatic rings. The van der Waals surface area contributed by atoms with E-state index in [0.717, 1.165) is 19.3 Å². The van der Waals surface area contributed by atoms with Gasteiger partial charge < -0.3 is 25.2 Å². The lowest BCUT2D eigenvalue weighted by atomic mass is 9.43. The standard InChI is InChI=1S/C20H34O6/c1-13-4-5-14-17(2,10-21)15(23)6-7-18(14,3)20(13)9-19(11-22,12-26-20)8-16(24)25/h13-15,21-23H,4-12H2,1-3H3,(H,24,25)/t13-,14-,15+,17+,18+,19+,20-/m1/s1. The lowest BCUT2D eigenvalue weighted by Crippen LogP contribution is -2.66. The number of aliphatic carboxylic acids is 1. The minimum atomic E-state index is -0.913. The molecule has 6 nitrogen and oxygen atoms in total. The summed E-state index contributed by atoms with van der Waals surface area (Å²) in [4.78, 5) is 11.4. The molecule has 0 unspecified atom stereocenters. The molecule has 1 spiro atoms. The summed E-state index contributed by atoms with van der Waals surface area (Å²) in [5, 5.41) is 40.1. The smallest absolute Gasteiger partial charge is 0.304 e. The lowest BCUT2D eigenvalue weighted by Gasteiger charge is -2.64. The zero-order valence-corrected chi connectivity index (χ0v) is 16.2. The first-order chi connectivity index (χ1) is 12.1. The second-order valence-corrected chi connectivity index (χ2v) is 9.75. The number of carboxylic acids is 1. The van der Waals surface area contributed by atoms with Gasteiger partial charge in [-0.25, -0.2) is 0 Å². The summed E-state index contributed by atoms with van der Waals surface area (Å²) >= 11 is 0. The van der Waals surface area contributed by atoms with E-state index in [0.29, 0.717) is 12.8 Å². The predicted octanol–water partition coefficient (Wildman–Crippen LogP) is 1.80. The molecule has 0 bridgehead atoms. The van der Waals surface area contributed by atoms with E-state index >= 15 is 0 Å². The van der Waals surface area contributed by atoms with Gasteiger partial charge in [-0.15, -0.1) is 0 Å². The summed E-state index contributed by atoms with van der Waals surface area (Å²) in [6.07, 6.45) is 3.10. The molecule has 1 aliphatic heterocycles. The van der Waals surface area contributed by atoms with Crippen molar-refractivity contribution in [1.82, 2.24) is 0 Å². The van der Waals surface area contributed by atoms with Crippen LogP contribution in [0.3, 0.4) is 0 Å². The van der Waals surface area contributed by atoms with Crippen LogP contribution in [0.15, 0.2) is 0 Å². The Kier molecular flexibility index (Phi) is 4.96. The Labute approximate surface area is 155 Å². The van der Waals surface area contributed by atoms with E-state index in [2.05, 4.69) is 13.8 Å². The van der Waals surface area contributed by atoms with Crippen molar-refractivity contribution in [2.45, 2.75) is 71.0 Å². The fraction of sp³-hybridized carbons (Fsp3) is 0.950. The number of ether oxygens (including phenoxy) is 1. The molecule has 0 aromatic rings. The van der Waals surface area contributed by atoms with E-state index in [9.17, 15) is 25.2 Å². The third kappa shape index (κ3) is 2.56. The first-order valence-corrected chi connectivity index (χ1v) is 9.85. The van der Waals surface area contributed by atoms with Crippen LogP contribution in [0.5, 0.6) is 0 Å². The summed E-state index contributed by atoms with van der Waals surface area (Å²) in [5.74, 6) is -0.576. The van der Waals surface area contributed by atoms with Crippen molar-refractivity contribution in [3.63, 3.8) is 0 Å². The van der Waals surface area contributed by atoms with Gasteiger partial charge in [0.15, 0.2) is 0 Å². The highest BCUT2D eigenvalue weighted by molar-refractivity contribution is 5.68. The lowest BCUT2D eigenvalue weighted by molar-refractivity contribution is -0.242. The third-order valence-corrected chi connectivity index (χ3v) is 8.39. The summed E-state index contributed by atoms with van der Waals surface area (Å²) in [5.41, 5.74) is -2.13. The molecule has 0 radical (unpaired) electrons. The number of aliphatic hydroxyl groups is 3. The van der Waals surface area contributed by atoms with Crippen LogP contribution in [-0.4, -0.2) is 57.9 Å². The topological polar surface area (TPSA) is 107 Å². The van der Waals surface area contributed by atoms with Crippen LogP contribution >= 0.6 is 0 Å². The summed E-state index contributed by atoms with van der Waals surface area (Å²) in [7, 11) is 0. The maximum atomic E-state index is 11.4. The Morgan fingerprint density at radius 2 is 1.85 bits per heavy atom. The Hall–Kier alpha value is -0.690. The van der Waals surface area contributed by atoms with Crippen LogP contribution in [-0.2, 0) is 9.53 Å². The Balaban J connectivity index is 2.02. The van der Waals surface area contributed by atoms with E-state index < -0.39 is 28.5 Å². The molecule has 2 aliphatic carbocycles. The van der Waals surface area contributed by atoms with E-state index in [-0.39, 0.29) is 43.5 Å². The minimum absolute atomic E-state index is 0.0703. The fourth-order valence-electron chi connectivity index (χ4n) is 6.70. The van der Waals surface area contributed by atoms with Crippen LogP contribution < -0.4 is 0 Å². The van der Waals surface area contributed by atoms with Gasteiger partial charge in [0, 0.05) is 16.2 Å². The monoisotopic (exact) mass is 370 g/mol. The van der Waals surface area contributed by atoms with Gasteiger partial charge in [-0.05, 0) is 43.9 Å². The van der Waals surface area contributed by atoms with E-state index in [1.165, 1.54) is 0 Å². The van der Waals surface area contributed by atoms with Crippen molar-refractivity contribution in [3.8, 4) is 0 Å². The van der Waals surface area contributed by atoms with Crippen LogP contribution in [0, 0.1) is 28.1 Å². The molecular formula is C20H34O6. The van der Waals surface area contributed by atoms with E-state index in [1.807, 2.05) is 6.92 Å². The normalized spacial score (nSPS) is 51.4. The maximum absolute atomic E-state index is 11.4. The van der Waals surface area contributed by atoms with Crippen LogP contribution in [0.4, 0.5) is 0 Å². The van der Waals surface area contributed by atoms with E-state index in [1.54, 1.807) is 0 Å². The molecule has 1 saturated heterocycles. The van der Waals surface area contributed by atoms with Gasteiger partial charge in [0.05, 0.1) is 37.9 Å². The summed E-state index contributed by atoms with van der Waals surface area (Å²) in [6, 6.07) is 0. The van der Waals surface area contributed by atoms with Crippen LogP contribution in [0.25, 0.3) is 0 Å². The molecule has 0 amide bonds. The number of rotatable bonds is 4. The van der Waals surface area contributed by atoms with Crippen LogP contribution in [0.1, 0.15) is 59.3 Å². The minimum Gasteiger partial charge on any atom is -0.481 e. The third-order valence-electron chi connectivity index (χ3n) is 8.39. The summed E-state index contributed by atoms with van der Waals surface area (Å²) in [6.45, 7) is 6.31. The average molecular weight is 370 g/mol. The van der Waals surface area contributed by atoms with Gasteiger partial charge in [0.1, 0.15) is 0 Å². The van der Waals surface area contributed by atoms with Gasteiger partial charge in [-0.3, -0.25) is 4.79 Å². The average Bonchev–Trinajstić information content (AvgIpc) is 2.98. The molecule has 4 N–H and O–H groups in total. The van der Waals surface area contributed by atoms with Crippen molar-refractivity contribution in [3.05, 3.63) is 0 Å². The van der Waals surface area contributed by atoms with E-state index in [4.69, 9.17) is 4.74 Å². The second-order valence-electron chi connectivity index (χ2n) is 9.75. The Morgan fingerprint density at radius 1 is 1.15 bits per heavy atom. The van der Waals surface area contributed by atoms with Crippen molar-refractivity contribution in [2.75, 3.05) is 19.8 Å². The maximum Gasteiger partial charge on any atom is 0.304 e. The van der Waals surface area contributed by atoms with Crippen LogP contribution in [0.2, 0.25) is 0 Å². The molecule has 7 atom stereocenters. The molecule has 0 aromatic carbocycles. The number of aliphatic hydroxyl groups excluding tert-OH is 3. The molecular weight excluding hydrogens is 336 g/mol. The fourth-order valence-corrected chi connectivity index (χ4v) is 6.70. The van der Waals surface area contributed by atoms with Gasteiger partial charge in [0.25, 0.3) is 0 Å². The largest absolute Gasteiger partial charge is 0.481 e. The zero-order chi connectivity index (χ0) is 19.4. The van der Waals surface area contributed by atoms with Gasteiger partial charge >= 0.3 is 5.97 Å². The molecule has 3 fully saturated rings. The number of carboxylic acid groups (broad SMARTS) is 1. The first kappa shape index (κ1) is 20.1. The number of carbonyl (C=O) groups is 1. The highest BCUT2D eigenvalue weighted by atomic mass is 16.5. The quantitative estimate of drug-likeness (QED) is 0.601. The highest BCUT2D eigenvalue weighted by Gasteiger charge is 2.69. The highest BCUT2D eigenvalue weighted by Crippen LogP contribution is 2.67. The molecule has 2 saturated carbocycles. The zero-order valence-electron chi connectivity index (χ0n) is 16.2. The SMILES string of the molecule is C[C@@H]1CC[C@@H]2[C@](C)(CO)[C@@H](O)CC[C@]2(C)[C@@]12C[C@](CO)(CC(=O)O)CO2. The summed E-state index contributed by atoms with van der Waals surface area (Å²) < 4.78 is 6.46. The van der Waals surface area contributed by atoms with Crippen molar-refractivity contribution >= 4 is 5.97 Å². The number of fused-ring (bicyclic) bond motifs is 2. The van der Waals surface area contributed by atoms with Crippen molar-refractivity contribution < 1.29 is 30.0 Å². The van der Waals surface area contributed by atoms with Gasteiger partial charge in [0.2, 0.25) is 0 Å². The molecule has 6 heteroatoms. The number of hydrogen-bond donors (Lipinski definition) is 4. The molecule has 1 heterocycles. The molecule has 150 valence electrons. The Bertz CT molecular complexity index is 567. The predicted molar refractivity (Wildman–Crippen MR) is 95.5 cm³/mol. The van der Waals surface area contributed by atoms with Crippen molar-refractivity contribution in [1.29, 1.82) is 0 Å². The van der Waals surface area contributed by atoms with Gasteiger partial charge in [-0.1, -0.05) is 20.8 Å². The Morgan fingerprint density at radius 3 is 2.42 bits per heavy atom. The number of hydrogen-bond acceptors (Lipinski definition) is 5.